The molecule has 2 unspecified atom stereocenters. The van der Waals surface area contributed by atoms with Gasteiger partial charge in [0.05, 0.1) is 6.10 Å². The first kappa shape index (κ1) is 10.0. The standard InChI is InChI=1S/C10H21NO/c1-2-3-4-6-9(11)10-7-5-8-12-10/h9-10H,2-8,11H2,1H3. The van der Waals surface area contributed by atoms with Crippen LogP contribution in [0.5, 0.6) is 0 Å². The Labute approximate surface area is 75.5 Å². The van der Waals surface area contributed by atoms with Crippen LogP contribution in [-0.4, -0.2) is 18.8 Å². The van der Waals surface area contributed by atoms with E-state index in [1.54, 1.807) is 0 Å². The van der Waals surface area contributed by atoms with E-state index in [0.29, 0.717) is 12.1 Å². The molecular formula is C10H21NO. The van der Waals surface area contributed by atoms with Crippen molar-refractivity contribution >= 4 is 0 Å². The second kappa shape index (κ2) is 5.55. The van der Waals surface area contributed by atoms with Gasteiger partial charge in [0, 0.05) is 12.6 Å². The lowest BCUT2D eigenvalue weighted by Crippen LogP contribution is -2.33. The van der Waals surface area contributed by atoms with Crippen LogP contribution in [0.1, 0.15) is 45.4 Å². The van der Waals surface area contributed by atoms with Crippen LogP contribution < -0.4 is 5.73 Å². The van der Waals surface area contributed by atoms with Gasteiger partial charge in [-0.3, -0.25) is 0 Å². The van der Waals surface area contributed by atoms with Crippen molar-refractivity contribution in [3.8, 4) is 0 Å². The fourth-order valence-electron chi connectivity index (χ4n) is 1.76. The van der Waals surface area contributed by atoms with Gasteiger partial charge in [0.25, 0.3) is 0 Å². The summed E-state index contributed by atoms with van der Waals surface area (Å²) < 4.78 is 5.52. The molecule has 0 aromatic rings. The molecule has 0 radical (unpaired) electrons. The summed E-state index contributed by atoms with van der Waals surface area (Å²) in [7, 11) is 0. The monoisotopic (exact) mass is 171 g/mol. The summed E-state index contributed by atoms with van der Waals surface area (Å²) >= 11 is 0. The molecule has 0 aromatic heterocycles. The summed E-state index contributed by atoms with van der Waals surface area (Å²) in [6, 6.07) is 0.291. The summed E-state index contributed by atoms with van der Waals surface area (Å²) in [6.07, 6.45) is 7.72. The SMILES string of the molecule is CCCCCC(N)C1CCCO1. The highest BCUT2D eigenvalue weighted by Gasteiger charge is 2.21. The Morgan fingerprint density at radius 1 is 1.50 bits per heavy atom. The Bertz CT molecular complexity index is 110. The highest BCUT2D eigenvalue weighted by molar-refractivity contribution is 4.76. The number of hydrogen-bond donors (Lipinski definition) is 1. The Kier molecular flexibility index (Phi) is 4.62. The normalized spacial score (nSPS) is 26.0. The van der Waals surface area contributed by atoms with E-state index in [-0.39, 0.29) is 0 Å². The van der Waals surface area contributed by atoms with Gasteiger partial charge in [-0.25, -0.2) is 0 Å². The fraction of sp³-hybridized carbons (Fsp3) is 1.00. The lowest BCUT2D eigenvalue weighted by molar-refractivity contribution is 0.0868. The lowest BCUT2D eigenvalue weighted by atomic mass is 10.0. The minimum absolute atomic E-state index is 0.291. The Morgan fingerprint density at radius 2 is 2.33 bits per heavy atom. The molecule has 1 heterocycles. The zero-order chi connectivity index (χ0) is 8.81. The maximum atomic E-state index is 5.99. The van der Waals surface area contributed by atoms with E-state index >= 15 is 0 Å². The molecule has 1 rings (SSSR count). The molecule has 0 saturated carbocycles. The molecule has 12 heavy (non-hydrogen) atoms. The van der Waals surface area contributed by atoms with Crippen molar-refractivity contribution in [3.63, 3.8) is 0 Å². The van der Waals surface area contributed by atoms with E-state index in [2.05, 4.69) is 6.92 Å². The topological polar surface area (TPSA) is 35.2 Å². The number of nitrogens with two attached hydrogens (primary N) is 1. The molecule has 0 aromatic carbocycles. The summed E-state index contributed by atoms with van der Waals surface area (Å²) in [5.74, 6) is 0. The minimum atomic E-state index is 0.291. The van der Waals surface area contributed by atoms with Crippen molar-refractivity contribution in [1.29, 1.82) is 0 Å². The second-order valence-electron chi connectivity index (χ2n) is 3.71. The van der Waals surface area contributed by atoms with Gasteiger partial charge in [0.2, 0.25) is 0 Å². The van der Waals surface area contributed by atoms with Crippen molar-refractivity contribution in [3.05, 3.63) is 0 Å². The van der Waals surface area contributed by atoms with Crippen LogP contribution >= 0.6 is 0 Å². The average molecular weight is 171 g/mol. The molecule has 1 saturated heterocycles. The minimum Gasteiger partial charge on any atom is -0.377 e. The smallest absolute Gasteiger partial charge is 0.0726 e. The van der Waals surface area contributed by atoms with Crippen molar-refractivity contribution in [2.75, 3.05) is 6.61 Å². The molecule has 2 nitrogen and oxygen atoms in total. The first-order chi connectivity index (χ1) is 5.84. The van der Waals surface area contributed by atoms with E-state index in [1.807, 2.05) is 0 Å². The third kappa shape index (κ3) is 3.11. The van der Waals surface area contributed by atoms with Crippen LogP contribution in [0.3, 0.4) is 0 Å². The van der Waals surface area contributed by atoms with Crippen LogP contribution in [0.15, 0.2) is 0 Å². The average Bonchev–Trinajstić information content (AvgIpc) is 2.56. The second-order valence-corrected chi connectivity index (χ2v) is 3.71. The zero-order valence-corrected chi connectivity index (χ0v) is 8.09. The molecule has 0 bridgehead atoms. The maximum Gasteiger partial charge on any atom is 0.0726 e. The third-order valence-electron chi connectivity index (χ3n) is 2.58. The molecule has 0 spiro atoms. The third-order valence-corrected chi connectivity index (χ3v) is 2.58. The van der Waals surface area contributed by atoms with Crippen molar-refractivity contribution in [2.24, 2.45) is 5.73 Å². The van der Waals surface area contributed by atoms with Crippen LogP contribution in [0.25, 0.3) is 0 Å². The zero-order valence-electron chi connectivity index (χ0n) is 8.09. The summed E-state index contributed by atoms with van der Waals surface area (Å²) in [6.45, 7) is 3.14. The first-order valence-electron chi connectivity index (χ1n) is 5.21. The summed E-state index contributed by atoms with van der Waals surface area (Å²) in [4.78, 5) is 0. The molecule has 1 aliphatic rings. The van der Waals surface area contributed by atoms with Gasteiger partial charge in [-0.15, -0.1) is 0 Å². The largest absolute Gasteiger partial charge is 0.377 e. The predicted octanol–water partition coefficient (Wildman–Crippen LogP) is 2.07. The van der Waals surface area contributed by atoms with Gasteiger partial charge in [0.15, 0.2) is 0 Å². The van der Waals surface area contributed by atoms with Crippen molar-refractivity contribution < 1.29 is 4.74 Å². The van der Waals surface area contributed by atoms with E-state index in [9.17, 15) is 0 Å². The van der Waals surface area contributed by atoms with Gasteiger partial charge >= 0.3 is 0 Å². The molecule has 0 amide bonds. The molecule has 2 N–H and O–H groups in total. The van der Waals surface area contributed by atoms with E-state index in [4.69, 9.17) is 10.5 Å². The van der Waals surface area contributed by atoms with Crippen LogP contribution in [-0.2, 0) is 4.74 Å². The quantitative estimate of drug-likeness (QED) is 0.643. The Hall–Kier alpha value is -0.0800. The molecular weight excluding hydrogens is 150 g/mol. The summed E-state index contributed by atoms with van der Waals surface area (Å²) in [5, 5.41) is 0. The molecule has 1 aliphatic heterocycles. The van der Waals surface area contributed by atoms with E-state index < -0.39 is 0 Å². The molecule has 1 fully saturated rings. The van der Waals surface area contributed by atoms with Crippen molar-refractivity contribution in [1.82, 2.24) is 0 Å². The van der Waals surface area contributed by atoms with E-state index in [1.165, 1.54) is 32.1 Å². The molecule has 72 valence electrons. The van der Waals surface area contributed by atoms with E-state index in [0.717, 1.165) is 13.0 Å². The van der Waals surface area contributed by atoms with Crippen LogP contribution in [0.2, 0.25) is 0 Å². The number of unbranched alkanes of at least 4 members (excludes halogenated alkanes) is 2. The van der Waals surface area contributed by atoms with Gasteiger partial charge in [-0.05, 0) is 19.3 Å². The van der Waals surface area contributed by atoms with Crippen molar-refractivity contribution in [2.45, 2.75) is 57.6 Å². The van der Waals surface area contributed by atoms with Crippen LogP contribution in [0, 0.1) is 0 Å². The number of rotatable bonds is 5. The highest BCUT2D eigenvalue weighted by Crippen LogP contribution is 2.17. The van der Waals surface area contributed by atoms with Gasteiger partial charge in [-0.2, -0.15) is 0 Å². The first-order valence-corrected chi connectivity index (χ1v) is 5.21. The number of hydrogen-bond acceptors (Lipinski definition) is 2. The molecule has 2 heteroatoms. The number of ether oxygens (including phenoxy) is 1. The highest BCUT2D eigenvalue weighted by atomic mass is 16.5. The summed E-state index contributed by atoms with van der Waals surface area (Å²) in [5.41, 5.74) is 5.99. The van der Waals surface area contributed by atoms with Gasteiger partial charge < -0.3 is 10.5 Å². The Balaban J connectivity index is 2.05. The van der Waals surface area contributed by atoms with Gasteiger partial charge in [-0.1, -0.05) is 26.2 Å². The fourth-order valence-corrected chi connectivity index (χ4v) is 1.76. The van der Waals surface area contributed by atoms with Crippen LogP contribution in [0.4, 0.5) is 0 Å². The predicted molar refractivity (Wildman–Crippen MR) is 51.1 cm³/mol. The Morgan fingerprint density at radius 3 is 2.92 bits per heavy atom. The maximum absolute atomic E-state index is 5.99. The molecule has 2 atom stereocenters. The van der Waals surface area contributed by atoms with Gasteiger partial charge in [0.1, 0.15) is 0 Å². The lowest BCUT2D eigenvalue weighted by Gasteiger charge is -2.17. The molecule has 0 aliphatic carbocycles.